The molecule has 1 saturated heterocycles. The fourth-order valence-corrected chi connectivity index (χ4v) is 5.57. The summed E-state index contributed by atoms with van der Waals surface area (Å²) in [5, 5.41) is 9.57. The van der Waals surface area contributed by atoms with Crippen LogP contribution in [0.2, 0.25) is 0 Å². The molecule has 1 fully saturated rings. The third kappa shape index (κ3) is 4.73. The minimum Gasteiger partial charge on any atom is -0.478 e. The Kier molecular flexibility index (Phi) is 7.32. The van der Waals surface area contributed by atoms with E-state index in [-0.39, 0.29) is 12.2 Å². The van der Waals surface area contributed by atoms with Crippen molar-refractivity contribution >= 4 is 23.6 Å². The third-order valence-corrected chi connectivity index (χ3v) is 7.45. The molecule has 2 aliphatic rings. The highest BCUT2D eigenvalue weighted by atomic mass is 16.5. The monoisotopic (exact) mass is 529 g/mol. The molecule has 0 spiro atoms. The molecule has 0 bridgehead atoms. The van der Waals surface area contributed by atoms with Crippen LogP contribution in [-0.2, 0) is 38.5 Å². The number of carboxylic acids is 1. The number of unbranched alkanes of at least 4 members (excludes halogenated alkanes) is 1. The van der Waals surface area contributed by atoms with Crippen LogP contribution in [-0.4, -0.2) is 56.3 Å². The van der Waals surface area contributed by atoms with E-state index in [1.807, 2.05) is 34.9 Å². The number of carbonyl (C=O) groups is 4. The SMILES string of the molecule is CCCCc1nc2c(n1Cc1ccc(-c3ccccc3C(=O)O)cc1)C1C(=O)C(C(=O)OCC)C(=O)N1CC2. The summed E-state index contributed by atoms with van der Waals surface area (Å²) in [6.45, 7) is 4.61. The zero-order chi connectivity index (χ0) is 27.7. The molecule has 2 aliphatic heterocycles. The smallest absolute Gasteiger partial charge is 0.336 e. The van der Waals surface area contributed by atoms with Gasteiger partial charge in [-0.05, 0) is 36.1 Å². The van der Waals surface area contributed by atoms with E-state index < -0.39 is 35.6 Å². The van der Waals surface area contributed by atoms with Crippen molar-refractivity contribution in [2.24, 2.45) is 5.92 Å². The predicted molar refractivity (Wildman–Crippen MR) is 142 cm³/mol. The maximum Gasteiger partial charge on any atom is 0.336 e. The quantitative estimate of drug-likeness (QED) is 0.331. The van der Waals surface area contributed by atoms with Gasteiger partial charge < -0.3 is 19.3 Å². The van der Waals surface area contributed by atoms with Crippen LogP contribution in [0.1, 0.15) is 65.9 Å². The van der Waals surface area contributed by atoms with Crippen LogP contribution in [0, 0.1) is 5.92 Å². The first-order chi connectivity index (χ1) is 18.8. The largest absolute Gasteiger partial charge is 0.478 e. The van der Waals surface area contributed by atoms with Gasteiger partial charge in [-0.2, -0.15) is 0 Å². The number of carbonyl (C=O) groups excluding carboxylic acids is 3. The first kappa shape index (κ1) is 26.3. The van der Waals surface area contributed by atoms with Crippen LogP contribution >= 0.6 is 0 Å². The topological polar surface area (TPSA) is 119 Å². The average molecular weight is 530 g/mol. The Hall–Kier alpha value is -4.27. The van der Waals surface area contributed by atoms with Gasteiger partial charge in [0.05, 0.1) is 23.6 Å². The highest BCUT2D eigenvalue weighted by Crippen LogP contribution is 2.40. The van der Waals surface area contributed by atoms with Crippen molar-refractivity contribution in [1.82, 2.24) is 14.5 Å². The number of nitrogens with zero attached hydrogens (tertiary/aromatic N) is 3. The maximum absolute atomic E-state index is 13.5. The van der Waals surface area contributed by atoms with Crippen LogP contribution in [0.5, 0.6) is 0 Å². The standard InChI is InChI=1S/C30H31N3O6/c1-3-5-10-23-31-22-15-16-32-26(27(34)24(28(32)35)30(38)39-4-2)25(22)33(23)17-18-11-13-19(14-12-18)20-8-6-7-9-21(20)29(36)37/h6-9,11-14,24,26H,3-5,10,15-17H2,1-2H3,(H,36,37). The van der Waals surface area contributed by atoms with Crippen molar-refractivity contribution in [3.8, 4) is 11.1 Å². The molecule has 202 valence electrons. The van der Waals surface area contributed by atoms with Crippen molar-refractivity contribution in [3.05, 3.63) is 76.9 Å². The number of imidazole rings is 1. The van der Waals surface area contributed by atoms with Crippen molar-refractivity contribution in [1.29, 1.82) is 0 Å². The van der Waals surface area contributed by atoms with Crippen molar-refractivity contribution in [3.63, 3.8) is 0 Å². The average Bonchev–Trinajstić information content (AvgIpc) is 3.41. The first-order valence-corrected chi connectivity index (χ1v) is 13.4. The number of benzene rings is 2. The molecular weight excluding hydrogens is 498 g/mol. The van der Waals surface area contributed by atoms with Gasteiger partial charge in [-0.25, -0.2) is 9.78 Å². The van der Waals surface area contributed by atoms with Crippen LogP contribution in [0.15, 0.2) is 48.5 Å². The lowest BCUT2D eigenvalue weighted by molar-refractivity contribution is -0.154. The number of rotatable bonds is 9. The number of ether oxygens (including phenoxy) is 1. The Morgan fingerprint density at radius 1 is 1.08 bits per heavy atom. The van der Waals surface area contributed by atoms with Crippen LogP contribution < -0.4 is 0 Å². The Balaban J connectivity index is 1.51. The van der Waals surface area contributed by atoms with Gasteiger partial charge in [0.1, 0.15) is 11.9 Å². The fraction of sp³-hybridized carbons (Fsp3) is 0.367. The van der Waals surface area contributed by atoms with E-state index in [4.69, 9.17) is 9.72 Å². The summed E-state index contributed by atoms with van der Waals surface area (Å²) in [6, 6.07) is 13.7. The number of amides is 1. The number of aromatic nitrogens is 2. The fourth-order valence-electron chi connectivity index (χ4n) is 5.57. The van der Waals surface area contributed by atoms with Gasteiger partial charge in [-0.1, -0.05) is 55.8 Å². The Labute approximate surface area is 226 Å². The molecule has 0 radical (unpaired) electrons. The second-order valence-corrected chi connectivity index (χ2v) is 9.87. The number of fused-ring (bicyclic) bond motifs is 3. The molecule has 2 unspecified atom stereocenters. The second-order valence-electron chi connectivity index (χ2n) is 9.87. The molecule has 1 amide bonds. The normalized spacial score (nSPS) is 18.2. The van der Waals surface area contributed by atoms with E-state index in [0.29, 0.717) is 30.8 Å². The van der Waals surface area contributed by atoms with Gasteiger partial charge in [0.2, 0.25) is 5.91 Å². The molecule has 1 aromatic heterocycles. The van der Waals surface area contributed by atoms with Crippen molar-refractivity contribution < 1.29 is 29.0 Å². The lowest BCUT2D eigenvalue weighted by Gasteiger charge is -2.29. The minimum absolute atomic E-state index is 0.0951. The minimum atomic E-state index is -1.43. The summed E-state index contributed by atoms with van der Waals surface area (Å²) >= 11 is 0. The van der Waals surface area contributed by atoms with E-state index in [0.717, 1.165) is 41.9 Å². The molecule has 9 heteroatoms. The van der Waals surface area contributed by atoms with Crippen molar-refractivity contribution in [2.45, 2.75) is 52.1 Å². The molecule has 3 aromatic rings. The molecule has 9 nitrogen and oxygen atoms in total. The summed E-state index contributed by atoms with van der Waals surface area (Å²) in [5.74, 6) is -3.32. The van der Waals surface area contributed by atoms with Gasteiger partial charge in [-0.3, -0.25) is 14.4 Å². The van der Waals surface area contributed by atoms with Gasteiger partial charge in [0.25, 0.3) is 0 Å². The number of ketones is 1. The number of hydrogen-bond acceptors (Lipinski definition) is 6. The molecule has 1 N–H and O–H groups in total. The maximum atomic E-state index is 13.5. The van der Waals surface area contributed by atoms with Gasteiger partial charge in [0.15, 0.2) is 11.7 Å². The highest BCUT2D eigenvalue weighted by molar-refractivity contribution is 6.22. The lowest BCUT2D eigenvalue weighted by atomic mass is 9.97. The van der Waals surface area contributed by atoms with Gasteiger partial charge >= 0.3 is 11.9 Å². The number of aryl methyl sites for hydroxylation is 1. The summed E-state index contributed by atoms with van der Waals surface area (Å²) in [5.41, 5.74) is 4.07. The number of hydrogen-bond donors (Lipinski definition) is 1. The zero-order valence-corrected chi connectivity index (χ0v) is 22.1. The van der Waals surface area contributed by atoms with Crippen LogP contribution in [0.4, 0.5) is 0 Å². The predicted octanol–water partition coefficient (Wildman–Crippen LogP) is 3.83. The molecule has 0 saturated carbocycles. The first-order valence-electron chi connectivity index (χ1n) is 13.4. The van der Waals surface area contributed by atoms with Crippen LogP contribution in [0.25, 0.3) is 11.1 Å². The van der Waals surface area contributed by atoms with Crippen LogP contribution in [0.3, 0.4) is 0 Å². The van der Waals surface area contributed by atoms with Crippen molar-refractivity contribution in [2.75, 3.05) is 13.2 Å². The molecule has 5 rings (SSSR count). The summed E-state index contributed by atoms with van der Waals surface area (Å²) < 4.78 is 7.08. The van der Waals surface area contributed by atoms with E-state index >= 15 is 0 Å². The molecule has 39 heavy (non-hydrogen) atoms. The van der Waals surface area contributed by atoms with E-state index in [2.05, 4.69) is 6.92 Å². The second kappa shape index (κ2) is 10.8. The highest BCUT2D eigenvalue weighted by Gasteiger charge is 2.55. The molecule has 2 atom stereocenters. The molecule has 0 aliphatic carbocycles. The van der Waals surface area contributed by atoms with E-state index in [1.54, 1.807) is 25.1 Å². The van der Waals surface area contributed by atoms with E-state index in [1.165, 1.54) is 4.90 Å². The third-order valence-electron chi connectivity index (χ3n) is 7.45. The van der Waals surface area contributed by atoms with E-state index in [9.17, 15) is 24.3 Å². The summed E-state index contributed by atoms with van der Waals surface area (Å²) in [4.78, 5) is 57.2. The number of Topliss-reactive ketones (excluding diaryl/α,β-unsaturated/α-hetero) is 1. The number of esters is 1. The Morgan fingerprint density at radius 3 is 2.51 bits per heavy atom. The van der Waals surface area contributed by atoms with Gasteiger partial charge in [-0.15, -0.1) is 0 Å². The molecule has 3 heterocycles. The number of carboxylic acid groups (broad SMARTS) is 1. The van der Waals surface area contributed by atoms with Gasteiger partial charge in [0, 0.05) is 25.9 Å². The molecular formula is C30H31N3O6. The lowest BCUT2D eigenvalue weighted by Crippen LogP contribution is -2.37. The Bertz CT molecular complexity index is 1440. The zero-order valence-electron chi connectivity index (χ0n) is 22.1. The summed E-state index contributed by atoms with van der Waals surface area (Å²) in [6.07, 6.45) is 3.14. The number of aromatic carboxylic acids is 1. The summed E-state index contributed by atoms with van der Waals surface area (Å²) in [7, 11) is 0. The molecule has 2 aromatic carbocycles. The Morgan fingerprint density at radius 2 is 1.82 bits per heavy atom.